The summed E-state index contributed by atoms with van der Waals surface area (Å²) in [5.41, 5.74) is 0.482. The molecule has 1 aromatic carbocycles. The largest absolute Gasteiger partial charge is 0.300 e. The highest BCUT2D eigenvalue weighted by molar-refractivity contribution is 5.96. The molecule has 3 heteroatoms. The maximum absolute atomic E-state index is 13.1. The van der Waals surface area contributed by atoms with E-state index in [1.807, 2.05) is 0 Å². The van der Waals surface area contributed by atoms with E-state index < -0.39 is 0 Å². The first-order valence-electron chi connectivity index (χ1n) is 7.09. The fraction of sp³-hybridized carbons (Fsp3) is 0.562. The summed E-state index contributed by atoms with van der Waals surface area (Å²) in [7, 11) is 0. The van der Waals surface area contributed by atoms with Gasteiger partial charge in [-0.25, -0.2) is 4.39 Å². The molecule has 104 valence electrons. The molecule has 2 nitrogen and oxygen atoms in total. The summed E-state index contributed by atoms with van der Waals surface area (Å²) in [6, 6.07) is 6.42. The van der Waals surface area contributed by atoms with Gasteiger partial charge in [-0.3, -0.25) is 4.79 Å². The number of carbonyl (C=O) groups excluding carboxylic acids is 1. The standard InChI is InChI=1S/C16H22FNO/c1-12(2)18(11-13-6-7-13)9-8-16(19)14-4-3-5-15(17)10-14/h3-5,10,12-13H,6-9,11H2,1-2H3. The average molecular weight is 263 g/mol. The first-order valence-corrected chi connectivity index (χ1v) is 7.09. The number of hydrogen-bond donors (Lipinski definition) is 0. The second-order valence-corrected chi connectivity index (χ2v) is 5.72. The van der Waals surface area contributed by atoms with Crippen molar-refractivity contribution in [2.45, 2.75) is 39.2 Å². The molecule has 0 unspecified atom stereocenters. The van der Waals surface area contributed by atoms with Gasteiger partial charge in [-0.2, -0.15) is 0 Å². The van der Waals surface area contributed by atoms with Gasteiger partial charge in [-0.1, -0.05) is 12.1 Å². The number of benzene rings is 1. The third-order valence-electron chi connectivity index (χ3n) is 3.69. The summed E-state index contributed by atoms with van der Waals surface area (Å²) in [5, 5.41) is 0. The molecule has 0 aliphatic heterocycles. The third kappa shape index (κ3) is 4.43. The highest BCUT2D eigenvalue weighted by atomic mass is 19.1. The predicted octanol–water partition coefficient (Wildman–Crippen LogP) is 3.52. The first-order chi connectivity index (χ1) is 9.06. The molecule has 1 aliphatic carbocycles. The van der Waals surface area contributed by atoms with E-state index >= 15 is 0 Å². The first kappa shape index (κ1) is 14.2. The van der Waals surface area contributed by atoms with Gasteiger partial charge in [-0.15, -0.1) is 0 Å². The van der Waals surface area contributed by atoms with Crippen molar-refractivity contribution in [3.63, 3.8) is 0 Å². The van der Waals surface area contributed by atoms with Crippen LogP contribution in [0.4, 0.5) is 4.39 Å². The molecule has 1 aliphatic rings. The Hall–Kier alpha value is -1.22. The average Bonchev–Trinajstić information content (AvgIpc) is 3.17. The number of Topliss-reactive ketones (excluding diaryl/α,β-unsaturated/α-hetero) is 1. The van der Waals surface area contributed by atoms with E-state index in [2.05, 4.69) is 18.7 Å². The summed E-state index contributed by atoms with van der Waals surface area (Å²) < 4.78 is 13.1. The molecule has 0 amide bonds. The Bertz CT molecular complexity index is 440. The van der Waals surface area contributed by atoms with Crippen LogP contribution in [-0.4, -0.2) is 29.8 Å². The molecule has 1 fully saturated rings. The topological polar surface area (TPSA) is 20.3 Å². The van der Waals surface area contributed by atoms with Crippen LogP contribution >= 0.6 is 0 Å². The van der Waals surface area contributed by atoms with Crippen molar-refractivity contribution >= 4 is 5.78 Å². The van der Waals surface area contributed by atoms with Crippen molar-refractivity contribution in [3.05, 3.63) is 35.6 Å². The summed E-state index contributed by atoms with van der Waals surface area (Å²) in [6.45, 7) is 6.18. The van der Waals surface area contributed by atoms with E-state index in [9.17, 15) is 9.18 Å². The van der Waals surface area contributed by atoms with E-state index in [1.54, 1.807) is 12.1 Å². The lowest BCUT2D eigenvalue weighted by atomic mass is 10.1. The van der Waals surface area contributed by atoms with Crippen molar-refractivity contribution in [3.8, 4) is 0 Å². The summed E-state index contributed by atoms with van der Waals surface area (Å²) >= 11 is 0. The van der Waals surface area contributed by atoms with E-state index in [4.69, 9.17) is 0 Å². The van der Waals surface area contributed by atoms with Crippen LogP contribution in [0.2, 0.25) is 0 Å². The van der Waals surface area contributed by atoms with Gasteiger partial charge in [-0.05, 0) is 44.7 Å². The lowest BCUT2D eigenvalue weighted by Gasteiger charge is -2.26. The molecule has 1 saturated carbocycles. The molecule has 0 saturated heterocycles. The minimum atomic E-state index is -0.343. The molecule has 0 spiro atoms. The van der Waals surface area contributed by atoms with Gasteiger partial charge >= 0.3 is 0 Å². The summed E-state index contributed by atoms with van der Waals surface area (Å²) in [6.07, 6.45) is 3.11. The Balaban J connectivity index is 1.87. The van der Waals surface area contributed by atoms with Gasteiger partial charge in [0, 0.05) is 31.1 Å². The van der Waals surface area contributed by atoms with E-state index in [1.165, 1.54) is 25.0 Å². The molecule has 2 rings (SSSR count). The summed E-state index contributed by atoms with van der Waals surface area (Å²) in [5.74, 6) is 0.511. The molecule has 0 heterocycles. The van der Waals surface area contributed by atoms with Crippen LogP contribution in [0.5, 0.6) is 0 Å². The molecule has 0 bridgehead atoms. The number of hydrogen-bond acceptors (Lipinski definition) is 2. The normalized spacial score (nSPS) is 15.2. The van der Waals surface area contributed by atoms with Crippen molar-refractivity contribution < 1.29 is 9.18 Å². The molecule has 0 radical (unpaired) electrons. The molecular formula is C16H22FNO. The molecule has 19 heavy (non-hydrogen) atoms. The summed E-state index contributed by atoms with van der Waals surface area (Å²) in [4.78, 5) is 14.4. The number of carbonyl (C=O) groups is 1. The van der Waals surface area contributed by atoms with Gasteiger partial charge in [0.1, 0.15) is 5.82 Å². The van der Waals surface area contributed by atoms with Crippen LogP contribution < -0.4 is 0 Å². The maximum Gasteiger partial charge on any atom is 0.164 e. The lowest BCUT2D eigenvalue weighted by Crippen LogP contribution is -2.34. The zero-order valence-electron chi connectivity index (χ0n) is 11.7. The smallest absolute Gasteiger partial charge is 0.164 e. The monoisotopic (exact) mass is 263 g/mol. The minimum absolute atomic E-state index is 0.0287. The molecular weight excluding hydrogens is 241 g/mol. The van der Waals surface area contributed by atoms with E-state index in [-0.39, 0.29) is 11.6 Å². The van der Waals surface area contributed by atoms with Crippen LogP contribution in [-0.2, 0) is 0 Å². The highest BCUT2D eigenvalue weighted by Gasteiger charge is 2.25. The zero-order chi connectivity index (χ0) is 13.8. The lowest BCUT2D eigenvalue weighted by molar-refractivity contribution is 0.0953. The Kier molecular flexibility index (Phi) is 4.70. The number of nitrogens with zero attached hydrogens (tertiary/aromatic N) is 1. The van der Waals surface area contributed by atoms with Crippen molar-refractivity contribution in [2.75, 3.05) is 13.1 Å². The van der Waals surface area contributed by atoms with E-state index in [0.29, 0.717) is 18.0 Å². The fourth-order valence-electron chi connectivity index (χ4n) is 2.24. The van der Waals surface area contributed by atoms with Gasteiger partial charge in [0.25, 0.3) is 0 Å². The Labute approximate surface area is 114 Å². The molecule has 1 aromatic rings. The van der Waals surface area contributed by atoms with Crippen LogP contribution in [0.15, 0.2) is 24.3 Å². The minimum Gasteiger partial charge on any atom is -0.300 e. The van der Waals surface area contributed by atoms with Crippen molar-refractivity contribution in [1.82, 2.24) is 4.90 Å². The van der Waals surface area contributed by atoms with Crippen LogP contribution in [0.25, 0.3) is 0 Å². The van der Waals surface area contributed by atoms with Gasteiger partial charge < -0.3 is 4.90 Å². The Morgan fingerprint density at radius 3 is 2.74 bits per heavy atom. The van der Waals surface area contributed by atoms with Crippen molar-refractivity contribution in [1.29, 1.82) is 0 Å². The number of halogens is 1. The second-order valence-electron chi connectivity index (χ2n) is 5.72. The predicted molar refractivity (Wildman–Crippen MR) is 74.8 cm³/mol. The number of ketones is 1. The van der Waals surface area contributed by atoms with E-state index in [0.717, 1.165) is 19.0 Å². The Morgan fingerprint density at radius 2 is 2.16 bits per heavy atom. The van der Waals surface area contributed by atoms with Gasteiger partial charge in [0.2, 0.25) is 0 Å². The zero-order valence-corrected chi connectivity index (χ0v) is 11.7. The Morgan fingerprint density at radius 1 is 1.42 bits per heavy atom. The van der Waals surface area contributed by atoms with Gasteiger partial charge in [0.15, 0.2) is 5.78 Å². The molecule has 0 atom stereocenters. The maximum atomic E-state index is 13.1. The fourth-order valence-corrected chi connectivity index (χ4v) is 2.24. The van der Waals surface area contributed by atoms with Crippen LogP contribution in [0.3, 0.4) is 0 Å². The quantitative estimate of drug-likeness (QED) is 0.702. The second kappa shape index (κ2) is 6.29. The van der Waals surface area contributed by atoms with Crippen LogP contribution in [0, 0.1) is 11.7 Å². The molecule has 0 aromatic heterocycles. The van der Waals surface area contributed by atoms with Crippen molar-refractivity contribution in [2.24, 2.45) is 5.92 Å². The van der Waals surface area contributed by atoms with Gasteiger partial charge in [0.05, 0.1) is 0 Å². The SMILES string of the molecule is CC(C)N(CCC(=O)c1cccc(F)c1)CC1CC1. The number of rotatable bonds is 7. The third-order valence-corrected chi connectivity index (χ3v) is 3.69. The van der Waals surface area contributed by atoms with Crippen LogP contribution in [0.1, 0.15) is 43.5 Å². The highest BCUT2D eigenvalue weighted by Crippen LogP contribution is 2.30. The molecule has 0 N–H and O–H groups in total.